The molecule has 1 heterocycles. The summed E-state index contributed by atoms with van der Waals surface area (Å²) in [6.07, 6.45) is 2.22. The van der Waals surface area contributed by atoms with Crippen LogP contribution in [0, 0.1) is 0 Å². The van der Waals surface area contributed by atoms with Gasteiger partial charge in [-0.3, -0.25) is 10.1 Å². The Morgan fingerprint density at radius 2 is 1.89 bits per heavy atom. The number of carboxylic acids is 1. The van der Waals surface area contributed by atoms with Gasteiger partial charge < -0.3 is 14.6 Å². The van der Waals surface area contributed by atoms with Gasteiger partial charge in [0, 0.05) is 5.75 Å². The van der Waals surface area contributed by atoms with Crippen LogP contribution in [0.4, 0.5) is 0 Å². The number of aliphatic carboxylic acids is 1. The highest BCUT2D eigenvalue weighted by Gasteiger charge is 2.30. The Labute approximate surface area is 164 Å². The summed E-state index contributed by atoms with van der Waals surface area (Å²) in [5.41, 5.74) is 2.34. The molecule has 5 nitrogen and oxygen atoms in total. The van der Waals surface area contributed by atoms with E-state index in [0.717, 1.165) is 29.9 Å². The Balaban J connectivity index is 1.45. The average Bonchev–Trinajstić information content (AvgIpc) is 3.18. The third-order valence-corrected chi connectivity index (χ3v) is 5.59. The summed E-state index contributed by atoms with van der Waals surface area (Å²) in [5.74, 6) is 1.36. The van der Waals surface area contributed by atoms with Gasteiger partial charge in [0.15, 0.2) is 0 Å². The van der Waals surface area contributed by atoms with E-state index in [9.17, 15) is 4.79 Å². The van der Waals surface area contributed by atoms with E-state index >= 15 is 0 Å². The van der Waals surface area contributed by atoms with E-state index in [1.165, 1.54) is 5.56 Å². The average molecular weight is 388 g/mol. The molecule has 0 saturated carbocycles. The van der Waals surface area contributed by atoms with Gasteiger partial charge in [0.25, 0.3) is 0 Å². The summed E-state index contributed by atoms with van der Waals surface area (Å²) in [6, 6.07) is 15.4. The van der Waals surface area contributed by atoms with Crippen molar-refractivity contribution in [3.8, 4) is 11.5 Å². The highest BCUT2D eigenvalue weighted by atomic mass is 32.2. The van der Waals surface area contributed by atoms with Crippen molar-refractivity contribution in [2.75, 3.05) is 19.0 Å². The molecule has 0 spiro atoms. The first-order chi connectivity index (χ1) is 13.2. The van der Waals surface area contributed by atoms with E-state index in [2.05, 4.69) is 24.4 Å². The molecule has 6 heteroatoms. The first-order valence-electron chi connectivity index (χ1n) is 9.20. The minimum absolute atomic E-state index is 0.0208. The maximum Gasteiger partial charge on any atom is 0.321 e. The van der Waals surface area contributed by atoms with Crippen LogP contribution in [0.25, 0.3) is 0 Å². The predicted octanol–water partition coefficient (Wildman–Crippen LogP) is 3.89. The van der Waals surface area contributed by atoms with Crippen LogP contribution in [0.1, 0.15) is 29.8 Å². The number of carbonyl (C=O) groups is 1. The molecular weight excluding hydrogens is 362 g/mol. The normalized spacial score (nSPS) is 19.0. The first kappa shape index (κ1) is 19.6. The molecule has 2 atom stereocenters. The van der Waals surface area contributed by atoms with E-state index in [1.807, 2.05) is 36.4 Å². The lowest BCUT2D eigenvalue weighted by molar-refractivity contribution is -0.138. The molecule has 2 aromatic rings. The van der Waals surface area contributed by atoms with Crippen molar-refractivity contribution in [2.45, 2.75) is 31.2 Å². The number of benzene rings is 2. The molecule has 0 bridgehead atoms. The van der Waals surface area contributed by atoms with Gasteiger partial charge in [0.05, 0.1) is 5.37 Å². The monoisotopic (exact) mass is 387 g/mol. The predicted molar refractivity (Wildman–Crippen MR) is 108 cm³/mol. The van der Waals surface area contributed by atoms with Crippen LogP contribution in [0.3, 0.4) is 0 Å². The maximum atomic E-state index is 11.1. The summed E-state index contributed by atoms with van der Waals surface area (Å²) in [4.78, 5) is 11.1. The third-order valence-electron chi connectivity index (χ3n) is 4.32. The Kier molecular flexibility index (Phi) is 7.01. The van der Waals surface area contributed by atoms with Crippen LogP contribution in [-0.2, 0) is 11.2 Å². The summed E-state index contributed by atoms with van der Waals surface area (Å²) in [5, 5.41) is 12.2. The molecule has 2 unspecified atom stereocenters. The van der Waals surface area contributed by atoms with Gasteiger partial charge in [0.2, 0.25) is 0 Å². The number of aryl methyl sites for hydroxylation is 1. The van der Waals surface area contributed by atoms with Crippen molar-refractivity contribution in [2.24, 2.45) is 0 Å². The fourth-order valence-electron chi connectivity index (χ4n) is 2.93. The number of rotatable bonds is 9. The highest BCUT2D eigenvalue weighted by Crippen LogP contribution is 2.34. The Morgan fingerprint density at radius 1 is 1.15 bits per heavy atom. The second-order valence-corrected chi connectivity index (χ2v) is 7.57. The lowest BCUT2D eigenvalue weighted by Crippen LogP contribution is -2.33. The molecule has 0 amide bonds. The van der Waals surface area contributed by atoms with Crippen molar-refractivity contribution in [1.82, 2.24) is 5.32 Å². The third kappa shape index (κ3) is 5.65. The number of hydrogen-bond acceptors (Lipinski definition) is 5. The Morgan fingerprint density at radius 3 is 2.56 bits per heavy atom. The maximum absolute atomic E-state index is 11.1. The van der Waals surface area contributed by atoms with Crippen LogP contribution >= 0.6 is 11.8 Å². The second kappa shape index (κ2) is 9.67. The minimum Gasteiger partial charge on any atom is -0.490 e. The topological polar surface area (TPSA) is 67.8 Å². The minimum atomic E-state index is -0.808. The zero-order valence-electron chi connectivity index (χ0n) is 15.4. The first-order valence-corrected chi connectivity index (χ1v) is 10.3. The number of carboxylic acid groups (broad SMARTS) is 1. The van der Waals surface area contributed by atoms with E-state index in [1.54, 1.807) is 11.8 Å². The lowest BCUT2D eigenvalue weighted by atomic mass is 10.1. The second-order valence-electron chi connectivity index (χ2n) is 6.43. The Bertz CT molecular complexity index is 750. The van der Waals surface area contributed by atoms with Crippen LogP contribution in [0.2, 0.25) is 0 Å². The SMILES string of the molecule is CCCc1ccc(OCCOc2cccc(C3NC(C(=O)O)CS3)c2)cc1. The quantitative estimate of drug-likeness (QED) is 0.637. The van der Waals surface area contributed by atoms with E-state index < -0.39 is 12.0 Å². The molecule has 27 heavy (non-hydrogen) atoms. The molecular formula is C21H25NO4S. The molecule has 1 aliphatic rings. The fourth-order valence-corrected chi connectivity index (χ4v) is 4.16. The highest BCUT2D eigenvalue weighted by molar-refractivity contribution is 7.99. The summed E-state index contributed by atoms with van der Waals surface area (Å²) in [6.45, 7) is 3.08. The summed E-state index contributed by atoms with van der Waals surface area (Å²) in [7, 11) is 0. The summed E-state index contributed by atoms with van der Waals surface area (Å²) >= 11 is 1.60. The van der Waals surface area contributed by atoms with Crippen LogP contribution in [0.5, 0.6) is 11.5 Å². The zero-order chi connectivity index (χ0) is 19.1. The molecule has 2 N–H and O–H groups in total. The zero-order valence-corrected chi connectivity index (χ0v) is 16.2. The van der Waals surface area contributed by atoms with Gasteiger partial charge in [-0.1, -0.05) is 37.6 Å². The van der Waals surface area contributed by atoms with Gasteiger partial charge in [-0.15, -0.1) is 11.8 Å². The number of thioether (sulfide) groups is 1. The molecule has 0 aliphatic carbocycles. The number of hydrogen-bond donors (Lipinski definition) is 2. The largest absolute Gasteiger partial charge is 0.490 e. The van der Waals surface area contributed by atoms with Crippen molar-refractivity contribution in [3.63, 3.8) is 0 Å². The van der Waals surface area contributed by atoms with Gasteiger partial charge in [0.1, 0.15) is 30.8 Å². The standard InChI is InChI=1S/C21H25NO4S/c1-2-4-15-7-9-17(10-8-15)25-11-12-26-18-6-3-5-16(13-18)20-22-19(14-27-20)21(23)24/h3,5-10,13,19-20,22H,2,4,11-12,14H2,1H3,(H,23,24). The summed E-state index contributed by atoms with van der Waals surface area (Å²) < 4.78 is 11.5. The Hall–Kier alpha value is -2.18. The van der Waals surface area contributed by atoms with Crippen molar-refractivity contribution < 1.29 is 19.4 Å². The van der Waals surface area contributed by atoms with Gasteiger partial charge in [-0.25, -0.2) is 0 Å². The number of nitrogens with one attached hydrogen (secondary N) is 1. The molecule has 2 aromatic carbocycles. The van der Waals surface area contributed by atoms with Gasteiger partial charge in [-0.2, -0.15) is 0 Å². The molecule has 0 radical (unpaired) electrons. The van der Waals surface area contributed by atoms with Crippen LogP contribution in [-0.4, -0.2) is 36.1 Å². The van der Waals surface area contributed by atoms with Crippen molar-refractivity contribution in [1.29, 1.82) is 0 Å². The van der Waals surface area contributed by atoms with Crippen molar-refractivity contribution >= 4 is 17.7 Å². The van der Waals surface area contributed by atoms with Gasteiger partial charge in [-0.05, 0) is 41.8 Å². The lowest BCUT2D eigenvalue weighted by Gasteiger charge is -2.13. The molecule has 1 fully saturated rings. The number of ether oxygens (including phenoxy) is 2. The molecule has 0 aromatic heterocycles. The molecule has 1 aliphatic heterocycles. The van der Waals surface area contributed by atoms with E-state index in [0.29, 0.717) is 19.0 Å². The smallest absolute Gasteiger partial charge is 0.321 e. The fraction of sp³-hybridized carbons (Fsp3) is 0.381. The molecule has 3 rings (SSSR count). The van der Waals surface area contributed by atoms with Gasteiger partial charge >= 0.3 is 5.97 Å². The molecule has 144 valence electrons. The van der Waals surface area contributed by atoms with Crippen LogP contribution < -0.4 is 14.8 Å². The van der Waals surface area contributed by atoms with Crippen LogP contribution in [0.15, 0.2) is 48.5 Å². The van der Waals surface area contributed by atoms with Crippen molar-refractivity contribution in [3.05, 3.63) is 59.7 Å². The molecule has 1 saturated heterocycles. The van der Waals surface area contributed by atoms with E-state index in [4.69, 9.17) is 14.6 Å². The van der Waals surface area contributed by atoms with E-state index in [-0.39, 0.29) is 5.37 Å².